The largest absolute Gasteiger partial charge is 0.481 e. The van der Waals surface area contributed by atoms with E-state index >= 15 is 0 Å². The van der Waals surface area contributed by atoms with Crippen LogP contribution in [0.1, 0.15) is 26.2 Å². The van der Waals surface area contributed by atoms with Crippen LogP contribution in [0.4, 0.5) is 4.79 Å². The van der Waals surface area contributed by atoms with E-state index in [1.165, 1.54) is 0 Å². The molecule has 6 heteroatoms. The molecular formula is C13H25N3O3. The van der Waals surface area contributed by atoms with Gasteiger partial charge in [-0.05, 0) is 39.8 Å². The van der Waals surface area contributed by atoms with Gasteiger partial charge in [-0.15, -0.1) is 0 Å². The molecule has 0 aromatic carbocycles. The van der Waals surface area contributed by atoms with Gasteiger partial charge < -0.3 is 20.2 Å². The van der Waals surface area contributed by atoms with Gasteiger partial charge in [-0.3, -0.25) is 4.79 Å². The van der Waals surface area contributed by atoms with Crippen LogP contribution in [0.3, 0.4) is 0 Å². The molecule has 19 heavy (non-hydrogen) atoms. The number of nitrogens with one attached hydrogen (secondary N) is 1. The van der Waals surface area contributed by atoms with Gasteiger partial charge in [0.15, 0.2) is 0 Å². The predicted octanol–water partition coefficient (Wildman–Crippen LogP) is 0.833. The second kappa shape index (κ2) is 7.33. The maximum Gasteiger partial charge on any atom is 0.317 e. The number of likely N-dealkylation sites (tertiary alicyclic amines) is 1. The van der Waals surface area contributed by atoms with Gasteiger partial charge in [0.05, 0.1) is 0 Å². The Kier molecular flexibility index (Phi) is 6.08. The lowest BCUT2D eigenvalue weighted by atomic mass is 9.95. The van der Waals surface area contributed by atoms with E-state index in [1.807, 2.05) is 25.9 Å². The molecular weight excluding hydrogens is 246 g/mol. The molecule has 1 aliphatic rings. The van der Waals surface area contributed by atoms with E-state index in [4.69, 9.17) is 5.11 Å². The average molecular weight is 271 g/mol. The van der Waals surface area contributed by atoms with Crippen LogP contribution in [0.5, 0.6) is 0 Å². The number of carbonyl (C=O) groups is 2. The summed E-state index contributed by atoms with van der Waals surface area (Å²) in [6, 6.07) is 0.201. The zero-order valence-electron chi connectivity index (χ0n) is 12.1. The van der Waals surface area contributed by atoms with Gasteiger partial charge in [0, 0.05) is 32.1 Å². The summed E-state index contributed by atoms with van der Waals surface area (Å²) < 4.78 is 0. The lowest BCUT2D eigenvalue weighted by Gasteiger charge is -2.32. The Hall–Kier alpha value is -1.30. The Morgan fingerprint density at radius 1 is 1.47 bits per heavy atom. The second-order valence-corrected chi connectivity index (χ2v) is 5.55. The standard InChI is InChI=1S/C13H25N3O3/c1-10(15(2)3)8-14-13(19)16-6-4-5-11(9-16)7-12(17)18/h10-11H,4-9H2,1-3H3,(H,14,19)(H,17,18). The molecule has 2 N–H and O–H groups in total. The molecule has 0 bridgehead atoms. The molecule has 0 aromatic rings. The highest BCUT2D eigenvalue weighted by molar-refractivity contribution is 5.74. The highest BCUT2D eigenvalue weighted by Gasteiger charge is 2.25. The van der Waals surface area contributed by atoms with Crippen molar-refractivity contribution < 1.29 is 14.7 Å². The number of hydrogen-bond acceptors (Lipinski definition) is 3. The van der Waals surface area contributed by atoms with Crippen molar-refractivity contribution in [2.45, 2.75) is 32.2 Å². The molecule has 0 spiro atoms. The molecule has 0 radical (unpaired) electrons. The first-order valence-electron chi connectivity index (χ1n) is 6.81. The topological polar surface area (TPSA) is 72.9 Å². The Balaban J connectivity index is 2.37. The van der Waals surface area contributed by atoms with Gasteiger partial charge in [-0.25, -0.2) is 4.79 Å². The molecule has 1 aliphatic heterocycles. The van der Waals surface area contributed by atoms with Crippen molar-refractivity contribution in [2.75, 3.05) is 33.7 Å². The minimum atomic E-state index is -0.784. The number of carbonyl (C=O) groups excluding carboxylic acids is 1. The Labute approximate surface area is 114 Å². The fraction of sp³-hybridized carbons (Fsp3) is 0.846. The Morgan fingerprint density at radius 3 is 2.74 bits per heavy atom. The van der Waals surface area contributed by atoms with Gasteiger partial charge in [0.2, 0.25) is 0 Å². The number of urea groups is 1. The number of amides is 2. The minimum absolute atomic E-state index is 0.0798. The van der Waals surface area contributed by atoms with Crippen molar-refractivity contribution in [3.63, 3.8) is 0 Å². The van der Waals surface area contributed by atoms with Crippen LogP contribution in [0.2, 0.25) is 0 Å². The van der Waals surface area contributed by atoms with Crippen LogP contribution in [0.15, 0.2) is 0 Å². The first kappa shape index (κ1) is 15.8. The van der Waals surface area contributed by atoms with E-state index in [1.54, 1.807) is 4.90 Å². The molecule has 2 amide bonds. The Morgan fingerprint density at radius 2 is 2.16 bits per heavy atom. The average Bonchev–Trinajstić information content (AvgIpc) is 2.34. The summed E-state index contributed by atoms with van der Waals surface area (Å²) in [6.45, 7) is 3.92. The van der Waals surface area contributed by atoms with Crippen molar-refractivity contribution in [1.82, 2.24) is 15.1 Å². The van der Waals surface area contributed by atoms with Crippen LogP contribution in [0, 0.1) is 5.92 Å². The summed E-state index contributed by atoms with van der Waals surface area (Å²) in [5.74, 6) is -0.697. The van der Waals surface area contributed by atoms with Gasteiger partial charge in [0.25, 0.3) is 0 Å². The third-order valence-corrected chi connectivity index (χ3v) is 3.70. The number of rotatable bonds is 5. The molecule has 1 rings (SSSR count). The third-order valence-electron chi connectivity index (χ3n) is 3.70. The van der Waals surface area contributed by atoms with E-state index in [0.717, 1.165) is 19.4 Å². The van der Waals surface area contributed by atoms with Crippen LogP contribution >= 0.6 is 0 Å². The number of aliphatic carboxylic acids is 1. The highest BCUT2D eigenvalue weighted by Crippen LogP contribution is 2.19. The van der Waals surface area contributed by atoms with E-state index < -0.39 is 5.97 Å². The first-order chi connectivity index (χ1) is 8.90. The number of piperidine rings is 1. The van der Waals surface area contributed by atoms with Gasteiger partial charge in [-0.1, -0.05) is 0 Å². The quantitative estimate of drug-likeness (QED) is 0.777. The molecule has 0 aromatic heterocycles. The lowest BCUT2D eigenvalue weighted by molar-refractivity contribution is -0.138. The molecule has 2 atom stereocenters. The van der Waals surface area contributed by atoms with E-state index in [0.29, 0.717) is 13.1 Å². The molecule has 1 heterocycles. The molecule has 110 valence electrons. The smallest absolute Gasteiger partial charge is 0.317 e. The molecule has 0 saturated carbocycles. The number of carboxylic acid groups (broad SMARTS) is 1. The van der Waals surface area contributed by atoms with Crippen molar-refractivity contribution in [3.05, 3.63) is 0 Å². The van der Waals surface area contributed by atoms with Crippen molar-refractivity contribution in [2.24, 2.45) is 5.92 Å². The molecule has 2 unspecified atom stereocenters. The van der Waals surface area contributed by atoms with Gasteiger partial charge >= 0.3 is 12.0 Å². The SMILES string of the molecule is CC(CNC(=O)N1CCCC(CC(=O)O)C1)N(C)C. The zero-order valence-corrected chi connectivity index (χ0v) is 12.1. The summed E-state index contributed by atoms with van der Waals surface area (Å²) in [5, 5.41) is 11.7. The monoisotopic (exact) mass is 271 g/mol. The minimum Gasteiger partial charge on any atom is -0.481 e. The first-order valence-corrected chi connectivity index (χ1v) is 6.81. The van der Waals surface area contributed by atoms with Gasteiger partial charge in [-0.2, -0.15) is 0 Å². The summed E-state index contributed by atoms with van der Waals surface area (Å²) in [5.41, 5.74) is 0. The molecule has 0 aliphatic carbocycles. The van der Waals surface area contributed by atoms with E-state index in [-0.39, 0.29) is 24.4 Å². The molecule has 1 saturated heterocycles. The Bertz CT molecular complexity index is 320. The van der Waals surface area contributed by atoms with Crippen LogP contribution in [-0.4, -0.2) is 66.7 Å². The van der Waals surface area contributed by atoms with Crippen molar-refractivity contribution in [3.8, 4) is 0 Å². The molecule has 1 fully saturated rings. The normalized spacial score (nSPS) is 21.3. The maximum absolute atomic E-state index is 12.0. The third kappa shape index (κ3) is 5.46. The summed E-state index contributed by atoms with van der Waals surface area (Å²) in [6.07, 6.45) is 1.93. The second-order valence-electron chi connectivity index (χ2n) is 5.55. The lowest BCUT2D eigenvalue weighted by Crippen LogP contribution is -2.48. The van der Waals surface area contributed by atoms with Crippen molar-refractivity contribution in [1.29, 1.82) is 0 Å². The number of hydrogen-bond donors (Lipinski definition) is 2. The molecule has 6 nitrogen and oxygen atoms in total. The number of carboxylic acids is 1. The summed E-state index contributed by atoms with van der Waals surface area (Å²) >= 11 is 0. The van der Waals surface area contributed by atoms with Crippen LogP contribution in [-0.2, 0) is 4.79 Å². The number of likely N-dealkylation sites (N-methyl/N-ethyl adjacent to an activating group) is 1. The fourth-order valence-corrected chi connectivity index (χ4v) is 2.19. The summed E-state index contributed by atoms with van der Waals surface area (Å²) in [4.78, 5) is 26.5. The maximum atomic E-state index is 12.0. The van der Waals surface area contributed by atoms with Gasteiger partial charge in [0.1, 0.15) is 0 Å². The van der Waals surface area contributed by atoms with Crippen LogP contribution < -0.4 is 5.32 Å². The predicted molar refractivity (Wildman–Crippen MR) is 73.1 cm³/mol. The fourth-order valence-electron chi connectivity index (χ4n) is 2.19. The van der Waals surface area contributed by atoms with E-state index in [9.17, 15) is 9.59 Å². The highest BCUT2D eigenvalue weighted by atomic mass is 16.4. The van der Waals surface area contributed by atoms with Crippen molar-refractivity contribution >= 4 is 12.0 Å². The number of nitrogens with zero attached hydrogens (tertiary/aromatic N) is 2. The summed E-state index contributed by atoms with van der Waals surface area (Å²) in [7, 11) is 3.95. The van der Waals surface area contributed by atoms with E-state index in [2.05, 4.69) is 5.32 Å². The van der Waals surface area contributed by atoms with Crippen LogP contribution in [0.25, 0.3) is 0 Å². The zero-order chi connectivity index (χ0) is 14.4.